The Morgan fingerprint density at radius 3 is 2.50 bits per heavy atom. The van der Waals surface area contributed by atoms with Crippen LogP contribution in [0.5, 0.6) is 0 Å². The Morgan fingerprint density at radius 1 is 1.27 bits per heavy atom. The maximum atomic E-state index is 5.93. The van der Waals surface area contributed by atoms with Crippen LogP contribution in [0.2, 0.25) is 0 Å². The van der Waals surface area contributed by atoms with E-state index >= 15 is 0 Å². The first kappa shape index (κ1) is 16.5. The number of aliphatic imine (C=N–C) groups is 1. The highest BCUT2D eigenvalue weighted by atomic mass is 32.1. The van der Waals surface area contributed by atoms with E-state index in [9.17, 15) is 0 Å². The molecule has 2 rings (SSSR count). The predicted molar refractivity (Wildman–Crippen MR) is 95.6 cm³/mol. The van der Waals surface area contributed by atoms with E-state index in [0.717, 1.165) is 22.8 Å². The third-order valence-electron chi connectivity index (χ3n) is 3.34. The monoisotopic (exact) mass is 316 g/mol. The smallest absolute Gasteiger partial charge is 0.193 e. The molecule has 0 aliphatic carbocycles. The first-order valence-corrected chi connectivity index (χ1v) is 8.37. The van der Waals surface area contributed by atoms with Crippen LogP contribution in [0.3, 0.4) is 0 Å². The number of benzene rings is 1. The highest BCUT2D eigenvalue weighted by molar-refractivity contribution is 7.09. The largest absolute Gasteiger partial charge is 0.370 e. The first-order valence-electron chi connectivity index (χ1n) is 7.49. The van der Waals surface area contributed by atoms with Crippen molar-refractivity contribution in [3.8, 4) is 0 Å². The summed E-state index contributed by atoms with van der Waals surface area (Å²) in [6, 6.07) is 8.21. The minimum atomic E-state index is 0.0727. The molecule has 5 heteroatoms. The minimum Gasteiger partial charge on any atom is -0.370 e. The summed E-state index contributed by atoms with van der Waals surface area (Å²) in [7, 11) is 0. The molecule has 0 radical (unpaired) electrons. The molecular weight excluding hydrogens is 292 g/mol. The highest BCUT2D eigenvalue weighted by Gasteiger charge is 2.17. The number of guanidine groups is 1. The van der Waals surface area contributed by atoms with Crippen molar-refractivity contribution in [1.29, 1.82) is 0 Å². The van der Waals surface area contributed by atoms with Gasteiger partial charge in [-0.1, -0.05) is 39.8 Å². The molecule has 0 aliphatic rings. The molecule has 0 bridgehead atoms. The number of nitrogens with one attached hydrogen (secondary N) is 1. The number of nitrogens with two attached hydrogens (primary N) is 1. The van der Waals surface area contributed by atoms with Gasteiger partial charge in [0.05, 0.1) is 12.2 Å². The van der Waals surface area contributed by atoms with Crippen LogP contribution >= 0.6 is 11.3 Å². The maximum absolute atomic E-state index is 5.93. The Morgan fingerprint density at radius 2 is 1.95 bits per heavy atom. The second-order valence-corrected chi connectivity index (χ2v) is 7.20. The fourth-order valence-corrected chi connectivity index (χ4v) is 2.84. The molecule has 0 aliphatic heterocycles. The van der Waals surface area contributed by atoms with Crippen molar-refractivity contribution in [2.45, 2.75) is 46.1 Å². The Labute approximate surface area is 136 Å². The summed E-state index contributed by atoms with van der Waals surface area (Å²) in [5.41, 5.74) is 9.36. The molecule has 4 nitrogen and oxygen atoms in total. The van der Waals surface area contributed by atoms with Crippen molar-refractivity contribution >= 4 is 23.0 Å². The standard InChI is InChI=1S/C17H24N4S/c1-5-12-6-8-13(9-7-12)20-16(18)19-10-15-21-14(11-22-15)17(2,3)4/h6-9,11H,5,10H2,1-4H3,(H3,18,19,20). The van der Waals surface area contributed by atoms with Gasteiger partial charge in [-0.05, 0) is 24.1 Å². The molecule has 118 valence electrons. The zero-order valence-corrected chi connectivity index (χ0v) is 14.5. The van der Waals surface area contributed by atoms with Gasteiger partial charge in [-0.15, -0.1) is 11.3 Å². The number of hydrogen-bond donors (Lipinski definition) is 2. The zero-order valence-electron chi connectivity index (χ0n) is 13.7. The second kappa shape index (κ2) is 6.92. The molecule has 2 aromatic rings. The van der Waals surface area contributed by atoms with Gasteiger partial charge in [-0.2, -0.15) is 0 Å². The van der Waals surface area contributed by atoms with Gasteiger partial charge in [-0.25, -0.2) is 9.98 Å². The number of aryl methyl sites for hydroxylation is 1. The van der Waals surface area contributed by atoms with Gasteiger partial charge >= 0.3 is 0 Å². The number of rotatable bonds is 4. The molecule has 1 aromatic carbocycles. The van der Waals surface area contributed by atoms with E-state index in [2.05, 4.69) is 60.5 Å². The molecule has 0 unspecified atom stereocenters. The molecule has 1 heterocycles. The lowest BCUT2D eigenvalue weighted by Gasteiger charge is -2.14. The van der Waals surface area contributed by atoms with E-state index in [1.807, 2.05) is 12.1 Å². The third-order valence-corrected chi connectivity index (χ3v) is 4.17. The summed E-state index contributed by atoms with van der Waals surface area (Å²) in [5.74, 6) is 0.414. The molecule has 3 N–H and O–H groups in total. The Bertz CT molecular complexity index is 635. The van der Waals surface area contributed by atoms with Gasteiger partial charge in [0.15, 0.2) is 5.96 Å². The summed E-state index contributed by atoms with van der Waals surface area (Å²) in [5, 5.41) is 6.18. The number of thiazole rings is 1. The average molecular weight is 316 g/mol. The molecule has 22 heavy (non-hydrogen) atoms. The normalized spacial score (nSPS) is 12.5. The molecule has 0 spiro atoms. The van der Waals surface area contributed by atoms with Crippen molar-refractivity contribution in [3.05, 3.63) is 45.9 Å². The molecule has 0 amide bonds. The van der Waals surface area contributed by atoms with E-state index in [4.69, 9.17) is 5.73 Å². The van der Waals surface area contributed by atoms with Gasteiger partial charge in [-0.3, -0.25) is 0 Å². The van der Waals surface area contributed by atoms with Crippen LogP contribution in [0.1, 0.15) is 44.0 Å². The van der Waals surface area contributed by atoms with E-state index < -0.39 is 0 Å². The Hall–Kier alpha value is -1.88. The quantitative estimate of drug-likeness (QED) is 0.663. The van der Waals surface area contributed by atoms with Crippen LogP contribution in [-0.2, 0) is 18.4 Å². The summed E-state index contributed by atoms with van der Waals surface area (Å²) < 4.78 is 0. The van der Waals surface area contributed by atoms with Crippen molar-refractivity contribution in [2.24, 2.45) is 10.7 Å². The van der Waals surface area contributed by atoms with Crippen molar-refractivity contribution in [2.75, 3.05) is 5.32 Å². The maximum Gasteiger partial charge on any atom is 0.193 e. The number of aromatic nitrogens is 1. The highest BCUT2D eigenvalue weighted by Crippen LogP contribution is 2.24. The molecular formula is C17H24N4S. The first-order chi connectivity index (χ1) is 10.4. The van der Waals surface area contributed by atoms with Crippen LogP contribution in [0.25, 0.3) is 0 Å². The number of anilines is 1. The van der Waals surface area contributed by atoms with Crippen LogP contribution in [-0.4, -0.2) is 10.9 Å². The van der Waals surface area contributed by atoms with E-state index in [1.54, 1.807) is 11.3 Å². The fraction of sp³-hybridized carbons (Fsp3) is 0.412. The topological polar surface area (TPSA) is 63.3 Å². The number of nitrogens with zero attached hydrogens (tertiary/aromatic N) is 2. The van der Waals surface area contributed by atoms with Gasteiger partial charge in [0.1, 0.15) is 5.01 Å². The fourth-order valence-electron chi connectivity index (χ4n) is 1.89. The van der Waals surface area contributed by atoms with Gasteiger partial charge in [0, 0.05) is 16.5 Å². The predicted octanol–water partition coefficient (Wildman–Crippen LogP) is 3.93. The number of hydrogen-bond acceptors (Lipinski definition) is 3. The van der Waals surface area contributed by atoms with E-state index in [1.165, 1.54) is 5.56 Å². The van der Waals surface area contributed by atoms with Gasteiger partial charge in [0.25, 0.3) is 0 Å². The molecule has 0 saturated carbocycles. The SMILES string of the molecule is CCc1ccc(NC(N)=NCc2nc(C(C)(C)C)cs2)cc1. The second-order valence-electron chi connectivity index (χ2n) is 6.25. The Kier molecular flexibility index (Phi) is 5.19. The van der Waals surface area contributed by atoms with E-state index in [0.29, 0.717) is 12.5 Å². The summed E-state index contributed by atoms with van der Waals surface area (Å²) >= 11 is 1.63. The van der Waals surface area contributed by atoms with Crippen LogP contribution in [0.4, 0.5) is 5.69 Å². The lowest BCUT2D eigenvalue weighted by atomic mass is 9.93. The summed E-state index contributed by atoms with van der Waals surface area (Å²) in [6.07, 6.45) is 1.03. The van der Waals surface area contributed by atoms with Crippen molar-refractivity contribution < 1.29 is 0 Å². The van der Waals surface area contributed by atoms with Crippen LogP contribution < -0.4 is 11.1 Å². The third kappa shape index (κ3) is 4.56. The summed E-state index contributed by atoms with van der Waals surface area (Å²) in [6.45, 7) is 9.12. The summed E-state index contributed by atoms with van der Waals surface area (Å²) in [4.78, 5) is 8.97. The van der Waals surface area contributed by atoms with Crippen LogP contribution in [0, 0.1) is 0 Å². The Balaban J connectivity index is 1.95. The average Bonchev–Trinajstić information content (AvgIpc) is 2.95. The van der Waals surface area contributed by atoms with Gasteiger partial charge in [0.2, 0.25) is 0 Å². The lowest BCUT2D eigenvalue weighted by Crippen LogP contribution is -2.22. The lowest BCUT2D eigenvalue weighted by molar-refractivity contribution is 0.571. The molecule has 0 saturated heterocycles. The van der Waals surface area contributed by atoms with E-state index in [-0.39, 0.29) is 5.41 Å². The molecule has 1 aromatic heterocycles. The molecule has 0 atom stereocenters. The van der Waals surface area contributed by atoms with Crippen molar-refractivity contribution in [3.63, 3.8) is 0 Å². The molecule has 0 fully saturated rings. The van der Waals surface area contributed by atoms with Crippen LogP contribution in [0.15, 0.2) is 34.6 Å². The zero-order chi connectivity index (χ0) is 16.2. The van der Waals surface area contributed by atoms with Crippen molar-refractivity contribution in [1.82, 2.24) is 4.98 Å². The van der Waals surface area contributed by atoms with Gasteiger partial charge < -0.3 is 11.1 Å². The minimum absolute atomic E-state index is 0.0727.